The average Bonchev–Trinajstić information content (AvgIpc) is 2.39. The maximum atomic E-state index is 11.5. The van der Waals surface area contributed by atoms with Crippen molar-refractivity contribution in [1.82, 2.24) is 10.6 Å². The van der Waals surface area contributed by atoms with Crippen LogP contribution in [0.5, 0.6) is 0 Å². The van der Waals surface area contributed by atoms with Gasteiger partial charge in [0.05, 0.1) is 0 Å². The molecule has 0 aliphatic heterocycles. The van der Waals surface area contributed by atoms with Gasteiger partial charge in [-0.3, -0.25) is 20.1 Å². The summed E-state index contributed by atoms with van der Waals surface area (Å²) in [5.74, 6) is -4.50. The standard InChI is InChI=1S/C10H17N3O7S/c11-10(20,9(18)19)2-1-6(14)13-5(4-21)8(17)12-3-7(15)16/h5,20-21H,1-4,11H2,(H,12,17)(H,13,14)(H,15,16)(H,18,19). The minimum absolute atomic E-state index is 0.0942. The summed E-state index contributed by atoms with van der Waals surface area (Å²) < 4.78 is 0. The number of nitrogens with two attached hydrogens (primary N) is 1. The summed E-state index contributed by atoms with van der Waals surface area (Å²) in [6.45, 7) is -0.611. The topological polar surface area (TPSA) is 179 Å². The molecule has 0 saturated heterocycles. The van der Waals surface area contributed by atoms with E-state index in [0.29, 0.717) is 0 Å². The molecule has 2 amide bonds. The van der Waals surface area contributed by atoms with Crippen LogP contribution in [-0.2, 0) is 19.2 Å². The summed E-state index contributed by atoms with van der Waals surface area (Å²) in [5.41, 5.74) is 2.49. The third-order valence-electron chi connectivity index (χ3n) is 2.35. The maximum absolute atomic E-state index is 11.5. The van der Waals surface area contributed by atoms with E-state index in [1.54, 1.807) is 0 Å². The van der Waals surface area contributed by atoms with Gasteiger partial charge in [-0.15, -0.1) is 0 Å². The first-order chi connectivity index (χ1) is 9.60. The molecule has 0 saturated carbocycles. The number of carboxylic acids is 2. The van der Waals surface area contributed by atoms with Crippen molar-refractivity contribution < 1.29 is 34.5 Å². The van der Waals surface area contributed by atoms with Crippen LogP contribution in [0.3, 0.4) is 0 Å². The Hall–Kier alpha value is -1.85. The molecule has 0 bridgehead atoms. The van der Waals surface area contributed by atoms with E-state index >= 15 is 0 Å². The first-order valence-corrected chi connectivity index (χ1v) is 6.37. The summed E-state index contributed by atoms with van der Waals surface area (Å²) >= 11 is 3.84. The quantitative estimate of drug-likeness (QED) is 0.174. The van der Waals surface area contributed by atoms with Crippen LogP contribution >= 0.6 is 12.6 Å². The van der Waals surface area contributed by atoms with Gasteiger partial charge in [0.2, 0.25) is 17.5 Å². The molecule has 21 heavy (non-hydrogen) atoms. The highest BCUT2D eigenvalue weighted by molar-refractivity contribution is 7.80. The summed E-state index contributed by atoms with van der Waals surface area (Å²) in [6.07, 6.45) is -0.986. The van der Waals surface area contributed by atoms with E-state index in [1.807, 2.05) is 0 Å². The second-order valence-electron chi connectivity index (χ2n) is 4.14. The van der Waals surface area contributed by atoms with Gasteiger partial charge in [0.25, 0.3) is 0 Å². The monoisotopic (exact) mass is 323 g/mol. The number of aliphatic carboxylic acids is 2. The van der Waals surface area contributed by atoms with Gasteiger partial charge in [-0.1, -0.05) is 0 Å². The molecule has 2 atom stereocenters. The average molecular weight is 323 g/mol. The number of hydrogen-bond donors (Lipinski definition) is 7. The number of rotatable bonds is 9. The molecule has 0 aromatic carbocycles. The molecule has 11 heteroatoms. The smallest absolute Gasteiger partial charge is 0.351 e. The number of amides is 2. The highest BCUT2D eigenvalue weighted by atomic mass is 32.1. The number of carbonyl (C=O) groups excluding carboxylic acids is 2. The third-order valence-corrected chi connectivity index (χ3v) is 2.72. The van der Waals surface area contributed by atoms with Crippen molar-refractivity contribution in [2.45, 2.75) is 24.6 Å². The molecule has 120 valence electrons. The van der Waals surface area contributed by atoms with Crippen molar-refractivity contribution in [3.63, 3.8) is 0 Å². The Morgan fingerprint density at radius 2 is 1.81 bits per heavy atom. The molecule has 0 spiro atoms. The molecular formula is C10H17N3O7S. The Balaban J connectivity index is 4.36. The van der Waals surface area contributed by atoms with E-state index in [-0.39, 0.29) is 5.75 Å². The van der Waals surface area contributed by atoms with Crippen LogP contribution in [0.15, 0.2) is 0 Å². The second-order valence-corrected chi connectivity index (χ2v) is 4.51. The third kappa shape index (κ3) is 7.48. The van der Waals surface area contributed by atoms with E-state index in [9.17, 15) is 24.3 Å². The summed E-state index contributed by atoms with van der Waals surface area (Å²) in [5, 5.41) is 30.5. The summed E-state index contributed by atoms with van der Waals surface area (Å²) in [6, 6.07) is -1.09. The lowest BCUT2D eigenvalue weighted by Gasteiger charge is -2.19. The van der Waals surface area contributed by atoms with Crippen molar-refractivity contribution in [2.24, 2.45) is 5.73 Å². The van der Waals surface area contributed by atoms with Gasteiger partial charge < -0.3 is 26.0 Å². The van der Waals surface area contributed by atoms with Gasteiger partial charge in [-0.25, -0.2) is 4.79 Å². The van der Waals surface area contributed by atoms with E-state index in [2.05, 4.69) is 23.3 Å². The Bertz CT molecular complexity index is 427. The fourth-order valence-electron chi connectivity index (χ4n) is 1.16. The van der Waals surface area contributed by atoms with Gasteiger partial charge in [-0.2, -0.15) is 12.6 Å². The Kier molecular flexibility index (Phi) is 7.70. The van der Waals surface area contributed by atoms with Crippen molar-refractivity contribution in [2.75, 3.05) is 12.3 Å². The zero-order valence-corrected chi connectivity index (χ0v) is 11.8. The largest absolute Gasteiger partial charge is 0.480 e. The van der Waals surface area contributed by atoms with Crippen LogP contribution in [0, 0.1) is 0 Å². The molecule has 0 aromatic rings. The lowest BCUT2D eigenvalue weighted by atomic mass is 10.1. The fourth-order valence-corrected chi connectivity index (χ4v) is 1.41. The number of carbonyl (C=O) groups is 4. The Labute approximate surface area is 125 Å². The van der Waals surface area contributed by atoms with Gasteiger partial charge in [0, 0.05) is 18.6 Å². The van der Waals surface area contributed by atoms with Crippen LogP contribution in [0.4, 0.5) is 0 Å². The zero-order valence-electron chi connectivity index (χ0n) is 10.9. The molecule has 0 rings (SSSR count). The molecule has 0 aliphatic carbocycles. The second kappa shape index (κ2) is 8.44. The molecule has 2 unspecified atom stereocenters. The lowest BCUT2D eigenvalue weighted by molar-refractivity contribution is -0.159. The molecule has 7 N–H and O–H groups in total. The molecule has 0 fully saturated rings. The maximum Gasteiger partial charge on any atom is 0.351 e. The molecule has 0 aliphatic rings. The molecule has 0 radical (unpaired) electrons. The number of nitrogens with one attached hydrogen (secondary N) is 2. The van der Waals surface area contributed by atoms with Crippen molar-refractivity contribution in [1.29, 1.82) is 0 Å². The number of thiol groups is 1. The minimum Gasteiger partial charge on any atom is -0.480 e. The first-order valence-electron chi connectivity index (χ1n) is 5.74. The van der Waals surface area contributed by atoms with Gasteiger partial charge in [0.15, 0.2) is 0 Å². The molecular weight excluding hydrogens is 306 g/mol. The molecule has 0 heterocycles. The Morgan fingerprint density at radius 1 is 1.24 bits per heavy atom. The molecule has 0 aromatic heterocycles. The first kappa shape index (κ1) is 19.1. The number of hydrogen-bond acceptors (Lipinski definition) is 7. The van der Waals surface area contributed by atoms with E-state index in [1.165, 1.54) is 0 Å². The highest BCUT2D eigenvalue weighted by Gasteiger charge is 2.31. The van der Waals surface area contributed by atoms with Crippen molar-refractivity contribution >= 4 is 36.4 Å². The SMILES string of the molecule is NC(O)(CCC(=O)NC(CS)C(=O)NCC(=O)O)C(=O)O. The summed E-state index contributed by atoms with van der Waals surface area (Å²) in [7, 11) is 0. The highest BCUT2D eigenvalue weighted by Crippen LogP contribution is 2.06. The molecule has 10 nitrogen and oxygen atoms in total. The van der Waals surface area contributed by atoms with Crippen LogP contribution in [0.25, 0.3) is 0 Å². The van der Waals surface area contributed by atoms with Gasteiger partial charge >= 0.3 is 11.9 Å². The minimum atomic E-state index is -2.54. The van der Waals surface area contributed by atoms with Gasteiger partial charge in [-0.05, 0) is 0 Å². The van der Waals surface area contributed by atoms with Crippen molar-refractivity contribution in [3.8, 4) is 0 Å². The van der Waals surface area contributed by atoms with Crippen LogP contribution in [0.2, 0.25) is 0 Å². The Morgan fingerprint density at radius 3 is 2.24 bits per heavy atom. The van der Waals surface area contributed by atoms with E-state index in [0.717, 1.165) is 0 Å². The van der Waals surface area contributed by atoms with Gasteiger partial charge in [0.1, 0.15) is 12.6 Å². The van der Waals surface area contributed by atoms with Crippen LogP contribution < -0.4 is 16.4 Å². The predicted octanol–water partition coefficient (Wildman–Crippen LogP) is -2.89. The van der Waals surface area contributed by atoms with Crippen LogP contribution in [-0.4, -0.2) is 63.1 Å². The van der Waals surface area contributed by atoms with Crippen molar-refractivity contribution in [3.05, 3.63) is 0 Å². The van der Waals surface area contributed by atoms with E-state index < -0.39 is 54.9 Å². The van der Waals surface area contributed by atoms with E-state index in [4.69, 9.17) is 15.9 Å². The fraction of sp³-hybridized carbons (Fsp3) is 0.600. The number of aliphatic hydroxyl groups is 1. The van der Waals surface area contributed by atoms with Crippen LogP contribution in [0.1, 0.15) is 12.8 Å². The normalized spacial score (nSPS) is 14.6. The zero-order chi connectivity index (χ0) is 16.6. The number of carboxylic acid groups (broad SMARTS) is 2. The summed E-state index contributed by atoms with van der Waals surface area (Å²) in [4.78, 5) is 43.9. The predicted molar refractivity (Wildman–Crippen MR) is 72.4 cm³/mol. The lowest BCUT2D eigenvalue weighted by Crippen LogP contribution is -2.51.